The minimum Gasteiger partial charge on any atom is -0.348 e. The van der Waals surface area contributed by atoms with Crippen LogP contribution in [0.3, 0.4) is 0 Å². The minimum atomic E-state index is -3.65. The van der Waals surface area contributed by atoms with Crippen LogP contribution in [0.15, 0.2) is 47.4 Å². The molecule has 0 aromatic heterocycles. The second-order valence-electron chi connectivity index (χ2n) is 7.96. The molecule has 0 fully saturated rings. The van der Waals surface area contributed by atoms with Gasteiger partial charge in [-0.05, 0) is 56.2 Å². The SMILES string of the molecule is CCN(CC)S(=O)(=O)c1ccc(C)c(C(=O)NCc2ccc(C(=O)N(C)C(C)C)cc2)c1. The van der Waals surface area contributed by atoms with Crippen molar-refractivity contribution in [1.82, 2.24) is 14.5 Å². The highest BCUT2D eigenvalue weighted by Crippen LogP contribution is 2.20. The molecule has 7 nitrogen and oxygen atoms in total. The largest absolute Gasteiger partial charge is 0.348 e. The van der Waals surface area contributed by atoms with Crippen molar-refractivity contribution in [2.24, 2.45) is 0 Å². The van der Waals surface area contributed by atoms with Crippen LogP contribution in [0.4, 0.5) is 0 Å². The molecule has 0 radical (unpaired) electrons. The van der Waals surface area contributed by atoms with Gasteiger partial charge in [0.15, 0.2) is 0 Å². The van der Waals surface area contributed by atoms with Gasteiger partial charge in [0.2, 0.25) is 10.0 Å². The van der Waals surface area contributed by atoms with E-state index in [1.54, 1.807) is 63.1 Å². The Morgan fingerprint density at radius 1 is 1.00 bits per heavy atom. The summed E-state index contributed by atoms with van der Waals surface area (Å²) in [5.74, 6) is -0.406. The van der Waals surface area contributed by atoms with E-state index in [1.165, 1.54) is 16.4 Å². The van der Waals surface area contributed by atoms with Gasteiger partial charge in [0.05, 0.1) is 4.90 Å². The Bertz CT molecular complexity index is 1060. The van der Waals surface area contributed by atoms with E-state index in [9.17, 15) is 18.0 Å². The molecule has 0 aliphatic carbocycles. The van der Waals surface area contributed by atoms with Crippen molar-refractivity contribution < 1.29 is 18.0 Å². The van der Waals surface area contributed by atoms with Gasteiger partial charge in [0.1, 0.15) is 0 Å². The van der Waals surface area contributed by atoms with E-state index in [0.717, 1.165) is 5.56 Å². The molecule has 0 unspecified atom stereocenters. The van der Waals surface area contributed by atoms with Gasteiger partial charge in [-0.1, -0.05) is 32.0 Å². The maximum absolute atomic E-state index is 12.8. The van der Waals surface area contributed by atoms with Crippen LogP contribution in [-0.2, 0) is 16.6 Å². The number of benzene rings is 2. The van der Waals surface area contributed by atoms with Gasteiger partial charge in [0, 0.05) is 43.9 Å². The zero-order valence-corrected chi connectivity index (χ0v) is 20.5. The van der Waals surface area contributed by atoms with Crippen LogP contribution in [0, 0.1) is 6.92 Å². The molecule has 0 aliphatic heterocycles. The second-order valence-corrected chi connectivity index (χ2v) is 9.89. The fraction of sp³-hybridized carbons (Fsp3) is 0.417. The summed E-state index contributed by atoms with van der Waals surface area (Å²) in [6, 6.07) is 11.8. The molecule has 0 saturated heterocycles. The van der Waals surface area contributed by atoms with Crippen molar-refractivity contribution in [2.75, 3.05) is 20.1 Å². The average molecular weight is 460 g/mol. The molecule has 2 aromatic rings. The first-order chi connectivity index (χ1) is 15.0. The number of nitrogens with one attached hydrogen (secondary N) is 1. The fourth-order valence-corrected chi connectivity index (χ4v) is 4.68. The molecule has 174 valence electrons. The predicted molar refractivity (Wildman–Crippen MR) is 126 cm³/mol. The van der Waals surface area contributed by atoms with Gasteiger partial charge in [-0.3, -0.25) is 9.59 Å². The highest BCUT2D eigenvalue weighted by Gasteiger charge is 2.23. The van der Waals surface area contributed by atoms with Crippen LogP contribution in [0.5, 0.6) is 0 Å². The summed E-state index contributed by atoms with van der Waals surface area (Å²) in [5.41, 5.74) is 2.44. The zero-order chi connectivity index (χ0) is 24.1. The predicted octanol–water partition coefficient (Wildman–Crippen LogP) is 3.44. The van der Waals surface area contributed by atoms with Crippen molar-refractivity contribution in [1.29, 1.82) is 0 Å². The average Bonchev–Trinajstić information content (AvgIpc) is 2.77. The lowest BCUT2D eigenvalue weighted by Crippen LogP contribution is -2.33. The number of amides is 2. The van der Waals surface area contributed by atoms with Crippen molar-refractivity contribution in [3.8, 4) is 0 Å². The van der Waals surface area contributed by atoms with Crippen LogP contribution in [0.1, 0.15) is 59.5 Å². The third-order valence-corrected chi connectivity index (χ3v) is 7.59. The van der Waals surface area contributed by atoms with Crippen molar-refractivity contribution in [3.63, 3.8) is 0 Å². The molecule has 0 saturated carbocycles. The topological polar surface area (TPSA) is 86.8 Å². The first-order valence-electron chi connectivity index (χ1n) is 10.8. The molecule has 2 amide bonds. The number of hydrogen-bond donors (Lipinski definition) is 1. The van der Waals surface area contributed by atoms with Gasteiger partial charge in [-0.2, -0.15) is 4.31 Å². The first-order valence-corrected chi connectivity index (χ1v) is 12.2. The van der Waals surface area contributed by atoms with E-state index < -0.39 is 10.0 Å². The van der Waals surface area contributed by atoms with E-state index in [-0.39, 0.29) is 29.3 Å². The number of carbonyl (C=O) groups excluding carboxylic acids is 2. The van der Waals surface area contributed by atoms with E-state index in [1.807, 2.05) is 13.8 Å². The standard InChI is InChI=1S/C24H33N3O4S/c1-7-27(8-2)32(30,31)21-14-9-18(5)22(15-21)23(28)25-16-19-10-12-20(13-11-19)24(29)26(6)17(3)4/h9-15,17H,7-8,16H2,1-6H3,(H,25,28). The van der Waals surface area contributed by atoms with Crippen molar-refractivity contribution >= 4 is 21.8 Å². The Morgan fingerprint density at radius 2 is 1.59 bits per heavy atom. The van der Waals surface area contributed by atoms with Crippen LogP contribution >= 0.6 is 0 Å². The number of rotatable bonds is 9. The summed E-state index contributed by atoms with van der Waals surface area (Å²) in [7, 11) is -1.89. The highest BCUT2D eigenvalue weighted by molar-refractivity contribution is 7.89. The van der Waals surface area contributed by atoms with Gasteiger partial charge >= 0.3 is 0 Å². The lowest BCUT2D eigenvalue weighted by molar-refractivity contribution is 0.0754. The van der Waals surface area contributed by atoms with E-state index >= 15 is 0 Å². The first kappa shape index (κ1) is 25.5. The van der Waals surface area contributed by atoms with E-state index in [0.29, 0.717) is 29.8 Å². The zero-order valence-electron chi connectivity index (χ0n) is 19.7. The minimum absolute atomic E-state index is 0.0579. The van der Waals surface area contributed by atoms with Crippen molar-refractivity contribution in [3.05, 3.63) is 64.7 Å². The Kier molecular flexibility index (Phi) is 8.58. The second kappa shape index (κ2) is 10.7. The summed E-state index contributed by atoms with van der Waals surface area (Å²) < 4.78 is 27.0. The molecule has 0 bridgehead atoms. The van der Waals surface area contributed by atoms with Gasteiger partial charge in [-0.25, -0.2) is 8.42 Å². The summed E-state index contributed by atoms with van der Waals surface area (Å²) in [4.78, 5) is 27.0. The maximum Gasteiger partial charge on any atom is 0.253 e. The molecule has 32 heavy (non-hydrogen) atoms. The van der Waals surface area contributed by atoms with Gasteiger partial charge < -0.3 is 10.2 Å². The Balaban J connectivity index is 2.14. The number of carbonyl (C=O) groups is 2. The van der Waals surface area contributed by atoms with E-state index in [4.69, 9.17) is 0 Å². The quantitative estimate of drug-likeness (QED) is 0.622. The molecule has 2 aromatic carbocycles. The number of aryl methyl sites for hydroxylation is 1. The number of nitrogens with zero attached hydrogens (tertiary/aromatic N) is 2. The lowest BCUT2D eigenvalue weighted by atomic mass is 10.1. The maximum atomic E-state index is 12.8. The smallest absolute Gasteiger partial charge is 0.253 e. The van der Waals surface area contributed by atoms with Crippen LogP contribution in [0.2, 0.25) is 0 Å². The molecule has 2 rings (SSSR count). The Labute approximate surface area is 191 Å². The molecule has 0 atom stereocenters. The molecule has 0 spiro atoms. The summed E-state index contributed by atoms with van der Waals surface area (Å²) in [6.07, 6.45) is 0. The molecular formula is C24H33N3O4S. The normalized spacial score (nSPS) is 11.6. The third-order valence-electron chi connectivity index (χ3n) is 5.55. The molecule has 8 heteroatoms. The number of hydrogen-bond acceptors (Lipinski definition) is 4. The molecule has 0 heterocycles. The third kappa shape index (κ3) is 5.75. The van der Waals surface area contributed by atoms with Gasteiger partial charge in [-0.15, -0.1) is 0 Å². The molecule has 0 aliphatic rings. The van der Waals surface area contributed by atoms with Crippen LogP contribution in [-0.4, -0.2) is 55.6 Å². The Morgan fingerprint density at radius 3 is 2.12 bits per heavy atom. The number of sulfonamides is 1. The molecular weight excluding hydrogens is 426 g/mol. The summed E-state index contributed by atoms with van der Waals surface area (Å²) in [6.45, 7) is 10.2. The monoisotopic (exact) mass is 459 g/mol. The fourth-order valence-electron chi connectivity index (χ4n) is 3.20. The summed E-state index contributed by atoms with van der Waals surface area (Å²) in [5, 5.41) is 2.84. The van der Waals surface area contributed by atoms with Crippen molar-refractivity contribution in [2.45, 2.75) is 52.1 Å². The van der Waals surface area contributed by atoms with Crippen LogP contribution < -0.4 is 5.32 Å². The summed E-state index contributed by atoms with van der Waals surface area (Å²) >= 11 is 0. The lowest BCUT2D eigenvalue weighted by Gasteiger charge is -2.21. The molecule has 1 N–H and O–H groups in total. The Hall–Kier alpha value is -2.71. The van der Waals surface area contributed by atoms with E-state index in [2.05, 4.69) is 5.32 Å². The van der Waals surface area contributed by atoms with Crippen LogP contribution in [0.25, 0.3) is 0 Å². The highest BCUT2D eigenvalue weighted by atomic mass is 32.2. The van der Waals surface area contributed by atoms with Gasteiger partial charge in [0.25, 0.3) is 11.8 Å².